The molecular formula is C26H22N4O4. The highest BCUT2D eigenvalue weighted by molar-refractivity contribution is 5.98. The van der Waals surface area contributed by atoms with Gasteiger partial charge in [0.05, 0.1) is 5.69 Å². The number of rotatable bonds is 7. The summed E-state index contributed by atoms with van der Waals surface area (Å²) < 4.78 is 6.89. The van der Waals surface area contributed by atoms with Crippen molar-refractivity contribution >= 4 is 23.3 Å². The van der Waals surface area contributed by atoms with Gasteiger partial charge in [0.15, 0.2) is 17.7 Å². The fourth-order valence-electron chi connectivity index (χ4n) is 3.22. The van der Waals surface area contributed by atoms with Crippen molar-refractivity contribution in [3.63, 3.8) is 0 Å². The molecular weight excluding hydrogens is 432 g/mol. The van der Waals surface area contributed by atoms with E-state index in [0.717, 1.165) is 11.3 Å². The van der Waals surface area contributed by atoms with Crippen molar-refractivity contribution < 1.29 is 19.1 Å². The minimum absolute atomic E-state index is 0.0718. The van der Waals surface area contributed by atoms with Gasteiger partial charge in [-0.15, -0.1) is 5.10 Å². The minimum atomic E-state index is -1.09. The Labute approximate surface area is 196 Å². The summed E-state index contributed by atoms with van der Waals surface area (Å²) in [6.45, 7) is 2.93. The van der Waals surface area contributed by atoms with Gasteiger partial charge in [-0.05, 0) is 50.2 Å². The molecule has 1 atom stereocenters. The molecule has 8 heteroatoms. The van der Waals surface area contributed by atoms with Gasteiger partial charge >= 0.3 is 5.97 Å². The van der Waals surface area contributed by atoms with Crippen molar-refractivity contribution in [2.24, 2.45) is 0 Å². The zero-order valence-corrected chi connectivity index (χ0v) is 18.6. The smallest absolute Gasteiger partial charge is 0.379 e. The van der Waals surface area contributed by atoms with E-state index in [1.54, 1.807) is 28.9 Å². The van der Waals surface area contributed by atoms with Gasteiger partial charge in [0, 0.05) is 16.8 Å². The molecule has 0 radical (unpaired) electrons. The van der Waals surface area contributed by atoms with Gasteiger partial charge in [0.2, 0.25) is 0 Å². The molecule has 4 aromatic rings. The Kier molecular flexibility index (Phi) is 6.59. The lowest BCUT2D eigenvalue weighted by Gasteiger charge is -2.12. The quantitative estimate of drug-likeness (QED) is 0.330. The van der Waals surface area contributed by atoms with Crippen molar-refractivity contribution in [2.75, 3.05) is 5.32 Å². The van der Waals surface area contributed by atoms with Crippen LogP contribution in [-0.2, 0) is 9.53 Å². The predicted molar refractivity (Wildman–Crippen MR) is 127 cm³/mol. The van der Waals surface area contributed by atoms with Crippen molar-refractivity contribution in [1.29, 1.82) is 0 Å². The van der Waals surface area contributed by atoms with Crippen LogP contribution in [0.2, 0.25) is 0 Å². The van der Waals surface area contributed by atoms with Crippen molar-refractivity contribution in [3.05, 3.63) is 96.3 Å². The number of esters is 1. The lowest BCUT2D eigenvalue weighted by molar-refractivity contribution is -0.123. The predicted octanol–water partition coefficient (Wildman–Crippen LogP) is 4.32. The summed E-state index contributed by atoms with van der Waals surface area (Å²) in [5, 5.41) is 7.01. The largest absolute Gasteiger partial charge is 0.447 e. The van der Waals surface area contributed by atoms with E-state index >= 15 is 0 Å². The Hall–Kier alpha value is -4.59. The highest BCUT2D eigenvalue weighted by atomic mass is 16.5. The van der Waals surface area contributed by atoms with Gasteiger partial charge < -0.3 is 10.1 Å². The van der Waals surface area contributed by atoms with Gasteiger partial charge in [-0.3, -0.25) is 9.59 Å². The van der Waals surface area contributed by atoms with E-state index in [0.29, 0.717) is 17.1 Å². The number of aromatic nitrogens is 3. The lowest BCUT2D eigenvalue weighted by Crippen LogP contribution is -2.30. The Balaban J connectivity index is 1.51. The molecule has 0 spiro atoms. The second-order valence-electron chi connectivity index (χ2n) is 7.54. The average Bonchev–Trinajstić information content (AvgIpc) is 3.31. The van der Waals surface area contributed by atoms with Crippen LogP contribution < -0.4 is 5.32 Å². The number of carbonyl (C=O) groups excluding carboxylic acids is 3. The standard InChI is InChI=1S/C26H22N4O4/c1-17(31)19-13-15-21(16-14-19)27-25(32)18(2)34-26(33)23-28-24(20-9-5-3-6-10-20)30(29-23)22-11-7-4-8-12-22/h3-16,18H,1-2H3,(H,27,32). The molecule has 1 amide bonds. The van der Waals surface area contributed by atoms with Crippen LogP contribution in [0.3, 0.4) is 0 Å². The third-order valence-corrected chi connectivity index (χ3v) is 5.03. The minimum Gasteiger partial charge on any atom is -0.447 e. The molecule has 8 nitrogen and oxygen atoms in total. The maximum Gasteiger partial charge on any atom is 0.379 e. The summed E-state index contributed by atoms with van der Waals surface area (Å²) in [6, 6.07) is 25.1. The Morgan fingerprint density at radius 2 is 1.50 bits per heavy atom. The van der Waals surface area contributed by atoms with Crippen LogP contribution in [0.25, 0.3) is 17.1 Å². The number of hydrogen-bond acceptors (Lipinski definition) is 6. The zero-order chi connectivity index (χ0) is 24.1. The zero-order valence-electron chi connectivity index (χ0n) is 18.6. The molecule has 0 aliphatic rings. The Bertz CT molecular complexity index is 1260. The van der Waals surface area contributed by atoms with Gasteiger partial charge in [-0.25, -0.2) is 14.5 Å². The lowest BCUT2D eigenvalue weighted by atomic mass is 10.1. The van der Waals surface area contributed by atoms with E-state index in [-0.39, 0.29) is 11.6 Å². The van der Waals surface area contributed by atoms with Crippen LogP contribution in [0, 0.1) is 0 Å². The molecule has 0 bridgehead atoms. The first kappa shape index (κ1) is 22.6. The van der Waals surface area contributed by atoms with Crippen molar-refractivity contribution in [1.82, 2.24) is 14.8 Å². The number of ether oxygens (including phenoxy) is 1. The second kappa shape index (κ2) is 9.91. The van der Waals surface area contributed by atoms with E-state index in [1.807, 2.05) is 60.7 Å². The Morgan fingerprint density at radius 1 is 0.882 bits per heavy atom. The third kappa shape index (κ3) is 5.07. The first-order valence-corrected chi connectivity index (χ1v) is 10.6. The Morgan fingerprint density at radius 3 is 2.12 bits per heavy atom. The molecule has 1 aromatic heterocycles. The highest BCUT2D eigenvalue weighted by Gasteiger charge is 2.24. The number of hydrogen-bond donors (Lipinski definition) is 1. The van der Waals surface area contributed by atoms with Crippen LogP contribution >= 0.6 is 0 Å². The molecule has 0 fully saturated rings. The molecule has 1 N–H and O–H groups in total. The van der Waals surface area contributed by atoms with Crippen LogP contribution in [0.15, 0.2) is 84.9 Å². The molecule has 1 heterocycles. The van der Waals surface area contributed by atoms with E-state index in [9.17, 15) is 14.4 Å². The number of anilines is 1. The molecule has 3 aromatic carbocycles. The summed E-state index contributed by atoms with van der Waals surface area (Å²) in [5.74, 6) is -1.09. The normalized spacial score (nSPS) is 11.5. The van der Waals surface area contributed by atoms with Crippen LogP contribution in [-0.4, -0.2) is 38.5 Å². The van der Waals surface area contributed by atoms with E-state index in [1.165, 1.54) is 13.8 Å². The molecule has 0 saturated carbocycles. The number of nitrogens with zero attached hydrogens (tertiary/aromatic N) is 3. The van der Waals surface area contributed by atoms with Gasteiger partial charge in [-0.1, -0.05) is 48.5 Å². The van der Waals surface area contributed by atoms with Crippen LogP contribution in [0.1, 0.15) is 34.8 Å². The number of nitrogens with one attached hydrogen (secondary N) is 1. The van der Waals surface area contributed by atoms with Crippen molar-refractivity contribution in [3.8, 4) is 17.1 Å². The maximum absolute atomic E-state index is 12.8. The van der Waals surface area contributed by atoms with Crippen LogP contribution in [0.4, 0.5) is 5.69 Å². The van der Waals surface area contributed by atoms with Gasteiger partial charge in [-0.2, -0.15) is 0 Å². The monoisotopic (exact) mass is 454 g/mol. The summed E-state index contributed by atoms with van der Waals surface area (Å²) in [6.07, 6.45) is -1.09. The number of carbonyl (C=O) groups is 3. The molecule has 0 aliphatic carbocycles. The van der Waals surface area contributed by atoms with Crippen LogP contribution in [0.5, 0.6) is 0 Å². The maximum atomic E-state index is 12.8. The van der Waals surface area contributed by atoms with E-state index < -0.39 is 18.0 Å². The molecule has 1 unspecified atom stereocenters. The van der Waals surface area contributed by atoms with Gasteiger partial charge in [0.1, 0.15) is 0 Å². The van der Waals surface area contributed by atoms with E-state index in [2.05, 4.69) is 15.4 Å². The van der Waals surface area contributed by atoms with E-state index in [4.69, 9.17) is 4.74 Å². The summed E-state index contributed by atoms with van der Waals surface area (Å²) in [4.78, 5) is 41.1. The average molecular weight is 454 g/mol. The molecule has 34 heavy (non-hydrogen) atoms. The third-order valence-electron chi connectivity index (χ3n) is 5.03. The summed E-state index contributed by atoms with van der Waals surface area (Å²) in [7, 11) is 0. The number of ketones is 1. The summed E-state index contributed by atoms with van der Waals surface area (Å²) >= 11 is 0. The summed E-state index contributed by atoms with van der Waals surface area (Å²) in [5.41, 5.74) is 2.52. The highest BCUT2D eigenvalue weighted by Crippen LogP contribution is 2.21. The SMILES string of the molecule is CC(=O)c1ccc(NC(=O)C(C)OC(=O)c2nc(-c3ccccc3)n(-c3ccccc3)n2)cc1. The first-order chi connectivity index (χ1) is 16.4. The molecule has 0 aliphatic heterocycles. The van der Waals surface area contributed by atoms with Crippen molar-refractivity contribution in [2.45, 2.75) is 20.0 Å². The number of para-hydroxylation sites is 1. The molecule has 170 valence electrons. The molecule has 0 saturated heterocycles. The first-order valence-electron chi connectivity index (χ1n) is 10.6. The molecule has 4 rings (SSSR count). The fraction of sp³-hybridized carbons (Fsp3) is 0.115. The number of amides is 1. The fourth-order valence-corrected chi connectivity index (χ4v) is 3.22. The number of Topliss-reactive ketones (excluding diaryl/α,β-unsaturated/α-hetero) is 1. The topological polar surface area (TPSA) is 103 Å². The number of benzene rings is 3. The van der Waals surface area contributed by atoms with Gasteiger partial charge in [0.25, 0.3) is 11.7 Å². The second-order valence-corrected chi connectivity index (χ2v) is 7.54.